The van der Waals surface area contributed by atoms with Gasteiger partial charge in [0.2, 0.25) is 11.8 Å². The maximum Gasteiger partial charge on any atom is 0.244 e. The highest BCUT2D eigenvalue weighted by molar-refractivity contribution is 6.35. The van der Waals surface area contributed by atoms with Crippen molar-refractivity contribution < 1.29 is 14.3 Å². The molecule has 0 spiro atoms. The van der Waals surface area contributed by atoms with Gasteiger partial charge in [0.05, 0.1) is 23.0 Å². The van der Waals surface area contributed by atoms with Gasteiger partial charge in [-0.05, 0) is 37.3 Å². The van der Waals surface area contributed by atoms with Gasteiger partial charge in [-0.2, -0.15) is 0 Å². The number of anilines is 2. The average Bonchev–Trinajstić information content (AvgIpc) is 2.57. The minimum Gasteiger partial charge on any atom is -0.492 e. The molecular formula is C18H18Cl2N2O3. The van der Waals surface area contributed by atoms with Crippen LogP contribution in [-0.2, 0) is 9.59 Å². The van der Waals surface area contributed by atoms with Gasteiger partial charge in [-0.25, -0.2) is 0 Å². The first-order valence-electron chi connectivity index (χ1n) is 7.67. The lowest BCUT2D eigenvalue weighted by molar-refractivity contribution is -0.120. The summed E-state index contributed by atoms with van der Waals surface area (Å²) < 4.78 is 5.48. The Morgan fingerprint density at radius 3 is 2.56 bits per heavy atom. The van der Waals surface area contributed by atoms with Crippen molar-refractivity contribution in [1.82, 2.24) is 0 Å². The van der Waals surface area contributed by atoms with Crippen molar-refractivity contribution in [2.24, 2.45) is 0 Å². The summed E-state index contributed by atoms with van der Waals surface area (Å²) in [5, 5.41) is 3.51. The van der Waals surface area contributed by atoms with E-state index in [1.54, 1.807) is 36.4 Å². The van der Waals surface area contributed by atoms with E-state index in [1.807, 2.05) is 13.0 Å². The third kappa shape index (κ3) is 5.11. The smallest absolute Gasteiger partial charge is 0.244 e. The molecule has 2 aromatic rings. The second-order valence-electron chi connectivity index (χ2n) is 5.18. The van der Waals surface area contributed by atoms with E-state index >= 15 is 0 Å². The number of carbonyl (C=O) groups is 2. The highest BCUT2D eigenvalue weighted by Gasteiger charge is 2.19. The summed E-state index contributed by atoms with van der Waals surface area (Å²) in [5.74, 6) is -0.135. The molecule has 2 rings (SSSR count). The molecule has 0 radical (unpaired) electrons. The molecule has 7 heteroatoms. The van der Waals surface area contributed by atoms with Crippen LogP contribution in [0.5, 0.6) is 5.75 Å². The number of rotatable bonds is 6. The van der Waals surface area contributed by atoms with Gasteiger partial charge in [-0.3, -0.25) is 9.59 Å². The summed E-state index contributed by atoms with van der Waals surface area (Å²) in [4.78, 5) is 25.7. The maximum atomic E-state index is 12.4. The van der Waals surface area contributed by atoms with E-state index in [1.165, 1.54) is 11.8 Å². The summed E-state index contributed by atoms with van der Waals surface area (Å²) in [6, 6.07) is 11.8. The fourth-order valence-corrected chi connectivity index (χ4v) is 2.63. The maximum absolute atomic E-state index is 12.4. The lowest BCUT2D eigenvalue weighted by atomic mass is 10.2. The van der Waals surface area contributed by atoms with Crippen molar-refractivity contribution >= 4 is 46.4 Å². The number of hydrogen-bond donors (Lipinski definition) is 1. The molecular weight excluding hydrogens is 363 g/mol. The molecule has 0 aliphatic rings. The molecule has 5 nitrogen and oxygen atoms in total. The zero-order valence-corrected chi connectivity index (χ0v) is 15.4. The molecule has 0 saturated heterocycles. The number of halogens is 2. The number of para-hydroxylation sites is 2. The monoisotopic (exact) mass is 380 g/mol. The molecule has 0 unspecified atom stereocenters. The van der Waals surface area contributed by atoms with Gasteiger partial charge >= 0.3 is 0 Å². The van der Waals surface area contributed by atoms with Crippen molar-refractivity contribution in [2.75, 3.05) is 23.4 Å². The van der Waals surface area contributed by atoms with Gasteiger partial charge in [0, 0.05) is 11.9 Å². The van der Waals surface area contributed by atoms with Crippen LogP contribution in [0.3, 0.4) is 0 Å². The predicted molar refractivity (Wildman–Crippen MR) is 101 cm³/mol. The molecule has 0 fully saturated rings. The van der Waals surface area contributed by atoms with Gasteiger partial charge < -0.3 is 15.0 Å². The van der Waals surface area contributed by atoms with Crippen molar-refractivity contribution in [3.8, 4) is 5.75 Å². The number of nitrogens with zero attached hydrogens (tertiary/aromatic N) is 1. The third-order valence-corrected chi connectivity index (χ3v) is 3.90. The molecule has 0 aliphatic heterocycles. The van der Waals surface area contributed by atoms with Crippen molar-refractivity contribution in [3.63, 3.8) is 0 Å². The first-order chi connectivity index (χ1) is 11.9. The summed E-state index contributed by atoms with van der Waals surface area (Å²) in [5.41, 5.74) is 0.921. The lowest BCUT2D eigenvalue weighted by Crippen LogP contribution is -2.37. The predicted octanol–water partition coefficient (Wildman–Crippen LogP) is 4.38. The van der Waals surface area contributed by atoms with E-state index in [0.29, 0.717) is 33.8 Å². The largest absolute Gasteiger partial charge is 0.492 e. The minimum atomic E-state index is -0.376. The average molecular weight is 381 g/mol. The zero-order valence-electron chi connectivity index (χ0n) is 13.9. The number of carbonyl (C=O) groups excluding carboxylic acids is 2. The van der Waals surface area contributed by atoms with Crippen LogP contribution in [0.2, 0.25) is 10.0 Å². The topological polar surface area (TPSA) is 58.6 Å². The molecule has 0 heterocycles. The van der Waals surface area contributed by atoms with Crippen LogP contribution in [-0.4, -0.2) is 25.0 Å². The van der Waals surface area contributed by atoms with Crippen LogP contribution in [0.25, 0.3) is 0 Å². The Morgan fingerprint density at radius 2 is 1.88 bits per heavy atom. The molecule has 2 amide bonds. The zero-order chi connectivity index (χ0) is 18.4. The Labute approximate surface area is 156 Å². The van der Waals surface area contributed by atoms with E-state index in [2.05, 4.69) is 5.32 Å². The van der Waals surface area contributed by atoms with Crippen LogP contribution >= 0.6 is 23.2 Å². The summed E-state index contributed by atoms with van der Waals surface area (Å²) >= 11 is 12.1. The van der Waals surface area contributed by atoms with E-state index in [4.69, 9.17) is 27.9 Å². The molecule has 132 valence electrons. The van der Waals surface area contributed by atoms with Gasteiger partial charge in [0.1, 0.15) is 12.3 Å². The van der Waals surface area contributed by atoms with E-state index < -0.39 is 0 Å². The SMILES string of the molecule is CCOc1ccccc1NC(=O)CN(C(C)=O)c1cc(Cl)ccc1Cl. The second kappa shape index (κ2) is 8.74. The highest BCUT2D eigenvalue weighted by atomic mass is 35.5. The van der Waals surface area contributed by atoms with Crippen molar-refractivity contribution in [2.45, 2.75) is 13.8 Å². The normalized spacial score (nSPS) is 10.2. The molecule has 25 heavy (non-hydrogen) atoms. The summed E-state index contributed by atoms with van der Waals surface area (Å²) in [7, 11) is 0. The molecule has 0 aromatic heterocycles. The number of ether oxygens (including phenoxy) is 1. The fourth-order valence-electron chi connectivity index (χ4n) is 2.24. The molecule has 1 N–H and O–H groups in total. The molecule has 0 saturated carbocycles. The number of nitrogens with one attached hydrogen (secondary N) is 1. The van der Waals surface area contributed by atoms with Crippen LogP contribution in [0, 0.1) is 0 Å². The van der Waals surface area contributed by atoms with Crippen LogP contribution in [0.15, 0.2) is 42.5 Å². The first-order valence-corrected chi connectivity index (χ1v) is 8.42. The third-order valence-electron chi connectivity index (χ3n) is 3.34. The van der Waals surface area contributed by atoms with E-state index in [0.717, 1.165) is 0 Å². The van der Waals surface area contributed by atoms with Gasteiger partial charge in [-0.15, -0.1) is 0 Å². The minimum absolute atomic E-state index is 0.199. The number of benzene rings is 2. The van der Waals surface area contributed by atoms with Crippen LogP contribution < -0.4 is 15.0 Å². The Bertz CT molecular complexity index is 781. The standard InChI is InChI=1S/C18H18Cl2N2O3/c1-3-25-17-7-5-4-6-15(17)21-18(24)11-22(12(2)23)16-10-13(19)8-9-14(16)20/h4-10H,3,11H2,1-2H3,(H,21,24). The number of hydrogen-bond acceptors (Lipinski definition) is 3. The molecule has 2 aromatic carbocycles. The number of amides is 2. The highest BCUT2D eigenvalue weighted by Crippen LogP contribution is 2.29. The molecule has 0 atom stereocenters. The first kappa shape index (κ1) is 19.1. The quantitative estimate of drug-likeness (QED) is 0.808. The van der Waals surface area contributed by atoms with Gasteiger partial charge in [0.25, 0.3) is 0 Å². The lowest BCUT2D eigenvalue weighted by Gasteiger charge is -2.22. The fraction of sp³-hybridized carbons (Fsp3) is 0.222. The van der Waals surface area contributed by atoms with Crippen molar-refractivity contribution in [3.05, 3.63) is 52.5 Å². The van der Waals surface area contributed by atoms with Gasteiger partial charge in [0.15, 0.2) is 0 Å². The Morgan fingerprint density at radius 1 is 1.16 bits per heavy atom. The molecule has 0 bridgehead atoms. The van der Waals surface area contributed by atoms with Gasteiger partial charge in [-0.1, -0.05) is 35.3 Å². The van der Waals surface area contributed by atoms with Crippen LogP contribution in [0.4, 0.5) is 11.4 Å². The Kier molecular flexibility index (Phi) is 6.67. The van der Waals surface area contributed by atoms with Crippen molar-refractivity contribution in [1.29, 1.82) is 0 Å². The Hall–Kier alpha value is -2.24. The Balaban J connectivity index is 2.19. The summed E-state index contributed by atoms with van der Waals surface area (Å²) in [6.07, 6.45) is 0. The van der Waals surface area contributed by atoms with Crippen LogP contribution in [0.1, 0.15) is 13.8 Å². The van der Waals surface area contributed by atoms with E-state index in [9.17, 15) is 9.59 Å². The second-order valence-corrected chi connectivity index (χ2v) is 6.02. The summed E-state index contributed by atoms with van der Waals surface area (Å²) in [6.45, 7) is 3.50. The molecule has 0 aliphatic carbocycles. The van der Waals surface area contributed by atoms with E-state index in [-0.39, 0.29) is 18.4 Å².